The number of nitrogens with one attached hydrogen (secondary N) is 1. The lowest BCUT2D eigenvalue weighted by Crippen LogP contribution is -2.17. The third-order valence-corrected chi connectivity index (χ3v) is 3.03. The fourth-order valence-electron chi connectivity index (χ4n) is 2.09. The molecule has 21 heavy (non-hydrogen) atoms. The molecule has 0 fully saturated rings. The molecule has 0 unspecified atom stereocenters. The highest BCUT2D eigenvalue weighted by Crippen LogP contribution is 2.15. The SMILES string of the molecule is CCCn1cccc1C(=O)Nc1ccccc1C#CCN. The number of anilines is 1. The molecule has 0 saturated heterocycles. The molecular formula is C17H19N3O. The van der Waals surface area contributed by atoms with Crippen molar-refractivity contribution >= 4 is 11.6 Å². The van der Waals surface area contributed by atoms with Gasteiger partial charge in [-0.2, -0.15) is 0 Å². The van der Waals surface area contributed by atoms with Crippen LogP contribution in [0.25, 0.3) is 0 Å². The Hall–Kier alpha value is -2.51. The number of hydrogen-bond donors (Lipinski definition) is 2. The molecule has 0 aliphatic rings. The van der Waals surface area contributed by atoms with Gasteiger partial charge in [0.1, 0.15) is 5.69 Å². The summed E-state index contributed by atoms with van der Waals surface area (Å²) in [6.45, 7) is 3.20. The number of para-hydroxylation sites is 1. The van der Waals surface area contributed by atoms with Gasteiger partial charge in [0.05, 0.1) is 12.2 Å². The number of hydrogen-bond acceptors (Lipinski definition) is 2. The molecule has 0 radical (unpaired) electrons. The summed E-state index contributed by atoms with van der Waals surface area (Å²) in [5, 5.41) is 2.92. The molecule has 0 atom stereocenters. The highest BCUT2D eigenvalue weighted by molar-refractivity contribution is 6.03. The van der Waals surface area contributed by atoms with Crippen LogP contribution >= 0.6 is 0 Å². The number of amides is 1. The van der Waals surface area contributed by atoms with Gasteiger partial charge in [-0.15, -0.1) is 0 Å². The Morgan fingerprint density at radius 3 is 2.86 bits per heavy atom. The van der Waals surface area contributed by atoms with Crippen molar-refractivity contribution in [3.8, 4) is 11.8 Å². The molecule has 1 amide bonds. The summed E-state index contributed by atoms with van der Waals surface area (Å²) in [6, 6.07) is 11.2. The first kappa shape index (κ1) is 14.9. The molecule has 2 rings (SSSR count). The summed E-state index contributed by atoms with van der Waals surface area (Å²) in [4.78, 5) is 12.4. The summed E-state index contributed by atoms with van der Waals surface area (Å²) in [6.07, 6.45) is 2.89. The molecule has 0 aliphatic carbocycles. The molecule has 3 N–H and O–H groups in total. The van der Waals surface area contributed by atoms with Gasteiger partial charge in [-0.1, -0.05) is 30.9 Å². The maximum absolute atomic E-state index is 12.4. The first-order valence-corrected chi connectivity index (χ1v) is 7.00. The van der Waals surface area contributed by atoms with Gasteiger partial charge in [-0.05, 0) is 30.7 Å². The van der Waals surface area contributed by atoms with E-state index >= 15 is 0 Å². The molecule has 1 aromatic carbocycles. The van der Waals surface area contributed by atoms with Crippen LogP contribution in [0.1, 0.15) is 29.4 Å². The Kier molecular flexibility index (Phi) is 5.19. The quantitative estimate of drug-likeness (QED) is 0.846. The molecule has 1 aromatic heterocycles. The number of aromatic nitrogens is 1. The average Bonchev–Trinajstić information content (AvgIpc) is 2.95. The zero-order valence-electron chi connectivity index (χ0n) is 12.1. The summed E-state index contributed by atoms with van der Waals surface area (Å²) in [7, 11) is 0. The molecule has 4 nitrogen and oxygen atoms in total. The van der Waals surface area contributed by atoms with Gasteiger partial charge in [0.2, 0.25) is 0 Å². The third kappa shape index (κ3) is 3.74. The smallest absolute Gasteiger partial charge is 0.272 e. The second kappa shape index (κ2) is 7.32. The lowest BCUT2D eigenvalue weighted by atomic mass is 10.1. The molecule has 108 valence electrons. The van der Waals surface area contributed by atoms with Crippen molar-refractivity contribution in [2.45, 2.75) is 19.9 Å². The van der Waals surface area contributed by atoms with Crippen LogP contribution < -0.4 is 11.1 Å². The minimum atomic E-state index is -0.129. The molecule has 4 heteroatoms. The van der Waals surface area contributed by atoms with E-state index in [1.165, 1.54) is 0 Å². The van der Waals surface area contributed by atoms with Gasteiger partial charge >= 0.3 is 0 Å². The van der Waals surface area contributed by atoms with Gasteiger partial charge in [-0.3, -0.25) is 4.79 Å². The van der Waals surface area contributed by atoms with Crippen molar-refractivity contribution in [1.29, 1.82) is 0 Å². The fraction of sp³-hybridized carbons (Fsp3) is 0.235. The van der Waals surface area contributed by atoms with Gasteiger partial charge in [0, 0.05) is 18.3 Å². The van der Waals surface area contributed by atoms with E-state index in [0.29, 0.717) is 17.9 Å². The summed E-state index contributed by atoms with van der Waals surface area (Å²) in [5.74, 6) is 5.64. The van der Waals surface area contributed by atoms with Crippen LogP contribution in [0.15, 0.2) is 42.6 Å². The normalized spacial score (nSPS) is 9.81. The topological polar surface area (TPSA) is 60.0 Å². The van der Waals surface area contributed by atoms with E-state index in [0.717, 1.165) is 18.5 Å². The predicted octanol–water partition coefficient (Wildman–Crippen LogP) is 2.46. The number of carbonyl (C=O) groups is 1. The maximum Gasteiger partial charge on any atom is 0.272 e. The minimum Gasteiger partial charge on any atom is -0.344 e. The Morgan fingerprint density at radius 1 is 1.29 bits per heavy atom. The molecule has 0 saturated carbocycles. The number of carbonyl (C=O) groups excluding carboxylic acids is 1. The maximum atomic E-state index is 12.4. The molecule has 2 aromatic rings. The molecule has 0 spiro atoms. The van der Waals surface area contributed by atoms with E-state index in [2.05, 4.69) is 24.1 Å². The van der Waals surface area contributed by atoms with Crippen LogP contribution in [-0.2, 0) is 6.54 Å². The average molecular weight is 281 g/mol. The standard InChI is InChI=1S/C17H19N3O/c1-2-12-20-13-6-10-16(20)17(21)19-15-9-4-3-7-14(15)8-5-11-18/h3-4,6-7,9-10,13H,2,11-12,18H2,1H3,(H,19,21). The lowest BCUT2D eigenvalue weighted by Gasteiger charge is -2.10. The Bertz CT molecular complexity index is 677. The van der Waals surface area contributed by atoms with E-state index < -0.39 is 0 Å². The van der Waals surface area contributed by atoms with Gasteiger partial charge in [0.25, 0.3) is 5.91 Å². The van der Waals surface area contributed by atoms with Crippen LogP contribution in [0.4, 0.5) is 5.69 Å². The van der Waals surface area contributed by atoms with E-state index in [1.807, 2.05) is 47.2 Å². The Labute approximate surface area is 125 Å². The van der Waals surface area contributed by atoms with E-state index in [-0.39, 0.29) is 5.91 Å². The van der Waals surface area contributed by atoms with E-state index in [4.69, 9.17) is 5.73 Å². The number of aryl methyl sites for hydroxylation is 1. The van der Waals surface area contributed by atoms with Gasteiger partial charge < -0.3 is 15.6 Å². The molecule has 1 heterocycles. The van der Waals surface area contributed by atoms with Crippen LogP contribution in [0.3, 0.4) is 0 Å². The van der Waals surface area contributed by atoms with Crippen molar-refractivity contribution in [2.75, 3.05) is 11.9 Å². The fourth-order valence-corrected chi connectivity index (χ4v) is 2.09. The third-order valence-electron chi connectivity index (χ3n) is 3.03. The van der Waals surface area contributed by atoms with Crippen LogP contribution in [0, 0.1) is 11.8 Å². The summed E-state index contributed by atoms with van der Waals surface area (Å²) in [5.41, 5.74) is 7.52. The summed E-state index contributed by atoms with van der Waals surface area (Å²) < 4.78 is 1.95. The van der Waals surface area contributed by atoms with Crippen LogP contribution in [-0.4, -0.2) is 17.0 Å². The van der Waals surface area contributed by atoms with Gasteiger partial charge in [0.15, 0.2) is 0 Å². The van der Waals surface area contributed by atoms with Crippen molar-refractivity contribution in [1.82, 2.24) is 4.57 Å². The largest absolute Gasteiger partial charge is 0.344 e. The molecule has 0 bridgehead atoms. The molecular weight excluding hydrogens is 262 g/mol. The number of nitrogens with two attached hydrogens (primary N) is 1. The first-order chi connectivity index (χ1) is 10.3. The van der Waals surface area contributed by atoms with Crippen molar-refractivity contribution < 1.29 is 4.79 Å². The second-order valence-electron chi connectivity index (χ2n) is 4.59. The van der Waals surface area contributed by atoms with Gasteiger partial charge in [-0.25, -0.2) is 0 Å². The Balaban J connectivity index is 2.22. The van der Waals surface area contributed by atoms with Crippen LogP contribution in [0.2, 0.25) is 0 Å². The Morgan fingerprint density at radius 2 is 2.10 bits per heavy atom. The summed E-state index contributed by atoms with van der Waals surface area (Å²) >= 11 is 0. The minimum absolute atomic E-state index is 0.129. The zero-order valence-corrected chi connectivity index (χ0v) is 12.1. The van der Waals surface area contributed by atoms with Crippen molar-refractivity contribution in [3.05, 3.63) is 53.9 Å². The lowest BCUT2D eigenvalue weighted by molar-refractivity contribution is 0.101. The predicted molar refractivity (Wildman–Crippen MR) is 85.1 cm³/mol. The van der Waals surface area contributed by atoms with Crippen molar-refractivity contribution in [3.63, 3.8) is 0 Å². The number of rotatable bonds is 4. The second-order valence-corrected chi connectivity index (χ2v) is 4.59. The zero-order chi connectivity index (χ0) is 15.1. The monoisotopic (exact) mass is 281 g/mol. The number of nitrogens with zero attached hydrogens (tertiary/aromatic N) is 1. The van der Waals surface area contributed by atoms with E-state index in [9.17, 15) is 4.79 Å². The van der Waals surface area contributed by atoms with Crippen molar-refractivity contribution in [2.24, 2.45) is 5.73 Å². The highest BCUT2D eigenvalue weighted by atomic mass is 16.1. The highest BCUT2D eigenvalue weighted by Gasteiger charge is 2.11. The number of benzene rings is 1. The van der Waals surface area contributed by atoms with E-state index in [1.54, 1.807) is 0 Å². The van der Waals surface area contributed by atoms with Crippen LogP contribution in [0.5, 0.6) is 0 Å². The molecule has 0 aliphatic heterocycles. The first-order valence-electron chi connectivity index (χ1n) is 7.00.